The zero-order valence-electron chi connectivity index (χ0n) is 16.5. The number of rotatable bonds is 6. The molecule has 30 heavy (non-hydrogen) atoms. The number of nitrogens with one attached hydrogen (secondary N) is 2. The van der Waals surface area contributed by atoms with Crippen LogP contribution in [0.5, 0.6) is 0 Å². The number of nitrogens with zero attached hydrogens (tertiary/aromatic N) is 1. The molecule has 6 nitrogen and oxygen atoms in total. The van der Waals surface area contributed by atoms with Gasteiger partial charge in [-0.1, -0.05) is 42.5 Å². The van der Waals surface area contributed by atoms with Gasteiger partial charge in [0.25, 0.3) is 5.91 Å². The monoisotopic (exact) mass is 399 g/mol. The van der Waals surface area contributed by atoms with Crippen LogP contribution in [-0.4, -0.2) is 29.0 Å². The topological polar surface area (TPSA) is 84.1 Å². The average molecular weight is 399 g/mol. The fourth-order valence-corrected chi connectivity index (χ4v) is 3.24. The number of amides is 1. The van der Waals surface area contributed by atoms with Gasteiger partial charge in [0.2, 0.25) is 0 Å². The molecule has 0 radical (unpaired) electrons. The van der Waals surface area contributed by atoms with Crippen molar-refractivity contribution in [3.05, 3.63) is 101 Å². The van der Waals surface area contributed by atoms with Crippen LogP contribution in [0.1, 0.15) is 37.7 Å². The van der Waals surface area contributed by atoms with E-state index < -0.39 is 0 Å². The number of ether oxygens (including phenoxy) is 1. The first kappa shape index (κ1) is 19.4. The number of hydrogen-bond donors (Lipinski definition) is 2. The molecule has 0 fully saturated rings. The summed E-state index contributed by atoms with van der Waals surface area (Å²) in [6, 6.07) is 22.5. The molecule has 1 aromatic heterocycles. The van der Waals surface area contributed by atoms with Crippen molar-refractivity contribution < 1.29 is 14.3 Å². The van der Waals surface area contributed by atoms with Crippen molar-refractivity contribution in [1.29, 1.82) is 0 Å². The molecular weight excluding hydrogens is 378 g/mol. The summed E-state index contributed by atoms with van der Waals surface area (Å²) in [5.74, 6) is 0.303. The molecule has 0 atom stereocenters. The quantitative estimate of drug-likeness (QED) is 0.482. The predicted molar refractivity (Wildman–Crippen MR) is 114 cm³/mol. The number of methoxy groups -OCH3 is 1. The molecular formula is C24H21N3O3. The number of imidazole rings is 1. The number of aromatic amines is 1. The van der Waals surface area contributed by atoms with Crippen LogP contribution in [0.3, 0.4) is 0 Å². The molecule has 0 aliphatic rings. The Labute approximate surface area is 173 Å². The van der Waals surface area contributed by atoms with Gasteiger partial charge in [0.1, 0.15) is 5.82 Å². The van der Waals surface area contributed by atoms with E-state index in [2.05, 4.69) is 32.2 Å². The van der Waals surface area contributed by atoms with Gasteiger partial charge in [0.05, 0.1) is 23.7 Å². The number of fused-ring (bicyclic) bond motifs is 1. The second kappa shape index (κ2) is 8.61. The third kappa shape index (κ3) is 4.38. The van der Waals surface area contributed by atoms with Crippen LogP contribution >= 0.6 is 0 Å². The van der Waals surface area contributed by atoms with Crippen LogP contribution in [0.25, 0.3) is 11.0 Å². The van der Waals surface area contributed by atoms with Crippen LogP contribution < -0.4 is 5.32 Å². The SMILES string of the molecule is COC(=O)c1ccc(CNC(=O)c2ccc3nc(Cc4ccccc4)[nH]c3c2)cc1. The standard InChI is InChI=1S/C24H21N3O3/c1-30-24(29)18-9-7-17(8-10-18)15-25-23(28)19-11-12-20-21(14-19)27-22(26-20)13-16-5-3-2-4-6-16/h2-12,14H,13,15H2,1H3,(H,25,28)(H,26,27). The Morgan fingerprint density at radius 1 is 0.933 bits per heavy atom. The largest absolute Gasteiger partial charge is 0.465 e. The summed E-state index contributed by atoms with van der Waals surface area (Å²) < 4.78 is 4.69. The molecule has 0 spiro atoms. The maximum absolute atomic E-state index is 12.6. The van der Waals surface area contributed by atoms with Crippen molar-refractivity contribution in [3.8, 4) is 0 Å². The Morgan fingerprint density at radius 2 is 1.67 bits per heavy atom. The Bertz CT molecular complexity index is 1180. The van der Waals surface area contributed by atoms with Crippen molar-refractivity contribution in [2.75, 3.05) is 7.11 Å². The van der Waals surface area contributed by atoms with Crippen LogP contribution in [0.15, 0.2) is 72.8 Å². The normalized spacial score (nSPS) is 10.7. The molecule has 150 valence electrons. The first-order chi connectivity index (χ1) is 14.6. The first-order valence-corrected chi connectivity index (χ1v) is 9.60. The van der Waals surface area contributed by atoms with Crippen molar-refractivity contribution in [2.45, 2.75) is 13.0 Å². The summed E-state index contributed by atoms with van der Waals surface area (Å²) in [7, 11) is 1.34. The highest BCUT2D eigenvalue weighted by Crippen LogP contribution is 2.16. The van der Waals surface area contributed by atoms with Gasteiger partial charge in [-0.15, -0.1) is 0 Å². The molecule has 0 saturated carbocycles. The Morgan fingerprint density at radius 3 is 2.40 bits per heavy atom. The number of aromatic nitrogens is 2. The molecule has 6 heteroatoms. The lowest BCUT2D eigenvalue weighted by atomic mass is 10.1. The molecule has 0 aliphatic carbocycles. The molecule has 1 amide bonds. The molecule has 4 rings (SSSR count). The number of hydrogen-bond acceptors (Lipinski definition) is 4. The van der Waals surface area contributed by atoms with Gasteiger partial charge in [-0.2, -0.15) is 0 Å². The van der Waals surface area contributed by atoms with E-state index in [0.717, 1.165) is 22.4 Å². The van der Waals surface area contributed by atoms with E-state index in [0.29, 0.717) is 24.1 Å². The summed E-state index contributed by atoms with van der Waals surface area (Å²) in [5, 5.41) is 2.90. The van der Waals surface area contributed by atoms with E-state index in [4.69, 9.17) is 0 Å². The van der Waals surface area contributed by atoms with E-state index in [-0.39, 0.29) is 11.9 Å². The van der Waals surface area contributed by atoms with Crippen LogP contribution in [0.4, 0.5) is 0 Å². The lowest BCUT2D eigenvalue weighted by Gasteiger charge is -2.06. The highest BCUT2D eigenvalue weighted by Gasteiger charge is 2.10. The summed E-state index contributed by atoms with van der Waals surface area (Å²) in [6.07, 6.45) is 0.707. The van der Waals surface area contributed by atoms with Crippen molar-refractivity contribution in [2.24, 2.45) is 0 Å². The third-order valence-corrected chi connectivity index (χ3v) is 4.84. The zero-order valence-corrected chi connectivity index (χ0v) is 16.5. The molecule has 0 bridgehead atoms. The minimum Gasteiger partial charge on any atom is -0.465 e. The minimum absolute atomic E-state index is 0.173. The second-order valence-electron chi connectivity index (χ2n) is 6.95. The molecule has 0 unspecified atom stereocenters. The highest BCUT2D eigenvalue weighted by molar-refractivity contribution is 5.97. The van der Waals surface area contributed by atoms with Crippen molar-refractivity contribution in [1.82, 2.24) is 15.3 Å². The average Bonchev–Trinajstić information content (AvgIpc) is 3.19. The van der Waals surface area contributed by atoms with Crippen LogP contribution in [0, 0.1) is 0 Å². The number of esters is 1. The summed E-state index contributed by atoms with van der Waals surface area (Å²) in [5.41, 5.74) is 4.76. The van der Waals surface area contributed by atoms with E-state index in [1.165, 1.54) is 12.7 Å². The number of carbonyl (C=O) groups excluding carboxylic acids is 2. The second-order valence-corrected chi connectivity index (χ2v) is 6.95. The van der Waals surface area contributed by atoms with Gasteiger partial charge in [-0.25, -0.2) is 9.78 Å². The lowest BCUT2D eigenvalue weighted by molar-refractivity contribution is 0.0600. The van der Waals surface area contributed by atoms with Gasteiger partial charge in [0.15, 0.2) is 0 Å². The van der Waals surface area contributed by atoms with Gasteiger partial charge in [-0.05, 0) is 41.5 Å². The fraction of sp³-hybridized carbons (Fsp3) is 0.125. The molecule has 1 heterocycles. The first-order valence-electron chi connectivity index (χ1n) is 9.60. The molecule has 0 aliphatic heterocycles. The van der Waals surface area contributed by atoms with E-state index >= 15 is 0 Å². The molecule has 3 aromatic carbocycles. The summed E-state index contributed by atoms with van der Waals surface area (Å²) >= 11 is 0. The third-order valence-electron chi connectivity index (χ3n) is 4.84. The van der Waals surface area contributed by atoms with Crippen molar-refractivity contribution >= 4 is 22.9 Å². The van der Waals surface area contributed by atoms with Gasteiger partial charge in [0, 0.05) is 18.5 Å². The Kier molecular flexibility index (Phi) is 5.57. The fourth-order valence-electron chi connectivity index (χ4n) is 3.24. The molecule has 0 saturated heterocycles. The van der Waals surface area contributed by atoms with Gasteiger partial charge >= 0.3 is 5.97 Å². The summed E-state index contributed by atoms with van der Waals surface area (Å²) in [6.45, 7) is 0.362. The predicted octanol–water partition coefficient (Wildman–Crippen LogP) is 3.87. The molecule has 4 aromatic rings. The van der Waals surface area contributed by atoms with Crippen LogP contribution in [-0.2, 0) is 17.7 Å². The smallest absolute Gasteiger partial charge is 0.337 e. The maximum Gasteiger partial charge on any atom is 0.337 e. The van der Waals surface area contributed by atoms with Gasteiger partial charge in [-0.3, -0.25) is 4.79 Å². The zero-order chi connectivity index (χ0) is 20.9. The Balaban J connectivity index is 1.42. The number of H-pyrrole nitrogens is 1. The maximum atomic E-state index is 12.6. The number of carbonyl (C=O) groups is 2. The van der Waals surface area contributed by atoms with Crippen molar-refractivity contribution in [3.63, 3.8) is 0 Å². The summed E-state index contributed by atoms with van der Waals surface area (Å²) in [4.78, 5) is 32.0. The van der Waals surface area contributed by atoms with E-state index in [9.17, 15) is 9.59 Å². The van der Waals surface area contributed by atoms with E-state index in [1.54, 1.807) is 30.3 Å². The Hall–Kier alpha value is -3.93. The lowest BCUT2D eigenvalue weighted by Crippen LogP contribution is -2.22. The van der Waals surface area contributed by atoms with E-state index in [1.807, 2.05) is 30.3 Å². The minimum atomic E-state index is -0.384. The highest BCUT2D eigenvalue weighted by atomic mass is 16.5. The van der Waals surface area contributed by atoms with Crippen LogP contribution in [0.2, 0.25) is 0 Å². The molecule has 2 N–H and O–H groups in total. The number of benzene rings is 3. The van der Waals surface area contributed by atoms with Gasteiger partial charge < -0.3 is 15.0 Å².